The molecule has 1 aromatic heterocycles. The average molecular weight is 379 g/mol. The van der Waals surface area contributed by atoms with Gasteiger partial charge in [-0.3, -0.25) is 4.79 Å². The van der Waals surface area contributed by atoms with E-state index < -0.39 is 0 Å². The second-order valence-electron chi connectivity index (χ2n) is 8.34. The van der Waals surface area contributed by atoms with Crippen molar-refractivity contribution in [2.45, 2.75) is 52.5 Å². The predicted molar refractivity (Wildman–Crippen MR) is 111 cm³/mol. The molecule has 1 aromatic carbocycles. The molecule has 3 heterocycles. The SMILES string of the molecule is CCc1cc(N2CCC3(CCC(=O)N(Cc4ccccc4)C3)CC2)nc(C)n1. The van der Waals surface area contributed by atoms with Crippen molar-refractivity contribution < 1.29 is 4.79 Å². The summed E-state index contributed by atoms with van der Waals surface area (Å²) in [5.74, 6) is 2.22. The molecule has 5 heteroatoms. The highest BCUT2D eigenvalue weighted by atomic mass is 16.2. The number of aryl methyl sites for hydroxylation is 2. The van der Waals surface area contributed by atoms with Crippen molar-refractivity contribution in [2.24, 2.45) is 5.41 Å². The Morgan fingerprint density at radius 1 is 1.07 bits per heavy atom. The maximum atomic E-state index is 12.5. The van der Waals surface area contributed by atoms with Crippen molar-refractivity contribution >= 4 is 11.7 Å². The van der Waals surface area contributed by atoms with Gasteiger partial charge in [0.25, 0.3) is 0 Å². The predicted octanol–water partition coefficient (Wildman–Crippen LogP) is 3.76. The van der Waals surface area contributed by atoms with Gasteiger partial charge in [0, 0.05) is 44.4 Å². The van der Waals surface area contributed by atoms with E-state index in [1.165, 1.54) is 5.56 Å². The van der Waals surface area contributed by atoms with Gasteiger partial charge in [-0.15, -0.1) is 0 Å². The van der Waals surface area contributed by atoms with Crippen LogP contribution in [-0.2, 0) is 17.8 Å². The van der Waals surface area contributed by atoms with E-state index in [9.17, 15) is 4.79 Å². The maximum Gasteiger partial charge on any atom is 0.222 e. The van der Waals surface area contributed by atoms with Crippen LogP contribution in [0.1, 0.15) is 49.7 Å². The highest BCUT2D eigenvalue weighted by Crippen LogP contribution is 2.41. The molecule has 1 amide bonds. The number of hydrogen-bond acceptors (Lipinski definition) is 4. The van der Waals surface area contributed by atoms with Gasteiger partial charge < -0.3 is 9.80 Å². The van der Waals surface area contributed by atoms with E-state index in [-0.39, 0.29) is 5.41 Å². The zero-order valence-corrected chi connectivity index (χ0v) is 17.0. The molecule has 5 nitrogen and oxygen atoms in total. The minimum atomic E-state index is 0.259. The van der Waals surface area contributed by atoms with Crippen molar-refractivity contribution in [1.29, 1.82) is 0 Å². The molecular formula is C23H30N4O. The van der Waals surface area contributed by atoms with E-state index >= 15 is 0 Å². The van der Waals surface area contributed by atoms with Crippen LogP contribution in [-0.4, -0.2) is 40.4 Å². The molecule has 2 saturated heterocycles. The van der Waals surface area contributed by atoms with Gasteiger partial charge in [0.1, 0.15) is 11.6 Å². The van der Waals surface area contributed by atoms with E-state index in [4.69, 9.17) is 0 Å². The van der Waals surface area contributed by atoms with E-state index in [2.05, 4.69) is 44.9 Å². The Hall–Kier alpha value is -2.43. The Balaban J connectivity index is 1.43. The van der Waals surface area contributed by atoms with Crippen LogP contribution < -0.4 is 4.90 Å². The standard InChI is InChI=1S/C23H30N4O/c1-3-20-15-21(25-18(2)24-20)26-13-11-23(12-14-26)10-9-22(28)27(17-23)16-19-7-5-4-6-8-19/h4-8,15H,3,9-14,16-17H2,1-2H3. The number of amides is 1. The summed E-state index contributed by atoms with van der Waals surface area (Å²) in [5, 5.41) is 0. The van der Waals surface area contributed by atoms with Crippen LogP contribution in [0.2, 0.25) is 0 Å². The molecule has 0 radical (unpaired) electrons. The lowest BCUT2D eigenvalue weighted by molar-refractivity contribution is -0.139. The molecule has 0 unspecified atom stereocenters. The van der Waals surface area contributed by atoms with Crippen LogP contribution in [0.15, 0.2) is 36.4 Å². The lowest BCUT2D eigenvalue weighted by atomic mass is 9.72. The first-order valence-electron chi connectivity index (χ1n) is 10.5. The first-order valence-corrected chi connectivity index (χ1v) is 10.5. The molecule has 28 heavy (non-hydrogen) atoms. The van der Waals surface area contributed by atoms with E-state index in [0.29, 0.717) is 12.3 Å². The van der Waals surface area contributed by atoms with Crippen LogP contribution in [0.5, 0.6) is 0 Å². The van der Waals surface area contributed by atoms with Crippen molar-refractivity contribution in [3.8, 4) is 0 Å². The summed E-state index contributed by atoms with van der Waals surface area (Å²) in [6.07, 6.45) is 4.88. The number of piperidine rings is 2. The van der Waals surface area contributed by atoms with Crippen molar-refractivity contribution in [1.82, 2.24) is 14.9 Å². The summed E-state index contributed by atoms with van der Waals surface area (Å²) < 4.78 is 0. The van der Waals surface area contributed by atoms with E-state index in [0.717, 1.165) is 69.2 Å². The Labute approximate surface area is 167 Å². The molecule has 0 saturated carbocycles. The molecular weight excluding hydrogens is 348 g/mol. The fourth-order valence-corrected chi connectivity index (χ4v) is 4.62. The van der Waals surface area contributed by atoms with Crippen LogP contribution in [0, 0.1) is 12.3 Å². The van der Waals surface area contributed by atoms with Gasteiger partial charge in [-0.05, 0) is 43.6 Å². The number of benzene rings is 1. The lowest BCUT2D eigenvalue weighted by Gasteiger charge is -2.47. The fourth-order valence-electron chi connectivity index (χ4n) is 4.62. The van der Waals surface area contributed by atoms with E-state index in [1.807, 2.05) is 25.1 Å². The van der Waals surface area contributed by atoms with Crippen LogP contribution >= 0.6 is 0 Å². The highest BCUT2D eigenvalue weighted by molar-refractivity contribution is 5.77. The number of carbonyl (C=O) groups excluding carboxylic acids is 1. The summed E-state index contributed by atoms with van der Waals surface area (Å²) >= 11 is 0. The summed E-state index contributed by atoms with van der Waals surface area (Å²) in [6, 6.07) is 12.5. The average Bonchev–Trinajstić information content (AvgIpc) is 2.72. The van der Waals surface area contributed by atoms with Gasteiger partial charge in [-0.2, -0.15) is 0 Å². The molecule has 0 N–H and O–H groups in total. The van der Waals surface area contributed by atoms with Gasteiger partial charge in [0.2, 0.25) is 5.91 Å². The lowest BCUT2D eigenvalue weighted by Crippen LogP contribution is -2.51. The quantitative estimate of drug-likeness (QED) is 0.813. The first-order chi connectivity index (χ1) is 13.6. The molecule has 4 rings (SSSR count). The number of hydrogen-bond donors (Lipinski definition) is 0. The van der Waals surface area contributed by atoms with Crippen molar-refractivity contribution in [3.05, 3.63) is 53.5 Å². The highest BCUT2D eigenvalue weighted by Gasteiger charge is 2.41. The molecule has 0 bridgehead atoms. The molecule has 2 fully saturated rings. The normalized spacial score (nSPS) is 19.3. The molecule has 0 atom stereocenters. The van der Waals surface area contributed by atoms with Gasteiger partial charge >= 0.3 is 0 Å². The van der Waals surface area contributed by atoms with E-state index in [1.54, 1.807) is 0 Å². The third-order valence-corrected chi connectivity index (χ3v) is 6.35. The maximum absolute atomic E-state index is 12.5. The molecule has 0 aliphatic carbocycles. The van der Waals surface area contributed by atoms with Crippen LogP contribution in [0.3, 0.4) is 0 Å². The minimum absolute atomic E-state index is 0.259. The minimum Gasteiger partial charge on any atom is -0.356 e. The summed E-state index contributed by atoms with van der Waals surface area (Å²) in [6.45, 7) is 7.74. The summed E-state index contributed by atoms with van der Waals surface area (Å²) in [7, 11) is 0. The van der Waals surface area contributed by atoms with Crippen molar-refractivity contribution in [3.63, 3.8) is 0 Å². The molecule has 2 aliphatic rings. The third-order valence-electron chi connectivity index (χ3n) is 6.35. The third kappa shape index (κ3) is 4.03. The Bertz CT molecular complexity index is 828. The number of anilines is 1. The van der Waals surface area contributed by atoms with Crippen LogP contribution in [0.25, 0.3) is 0 Å². The molecule has 2 aromatic rings. The zero-order valence-electron chi connectivity index (χ0n) is 17.0. The van der Waals surface area contributed by atoms with Crippen molar-refractivity contribution in [2.75, 3.05) is 24.5 Å². The summed E-state index contributed by atoms with van der Waals surface area (Å²) in [4.78, 5) is 26.2. The second kappa shape index (κ2) is 7.90. The number of aromatic nitrogens is 2. The largest absolute Gasteiger partial charge is 0.356 e. The smallest absolute Gasteiger partial charge is 0.222 e. The zero-order chi connectivity index (χ0) is 19.6. The molecule has 2 aliphatic heterocycles. The Morgan fingerprint density at radius 3 is 2.54 bits per heavy atom. The molecule has 1 spiro atoms. The van der Waals surface area contributed by atoms with Gasteiger partial charge in [-0.1, -0.05) is 37.3 Å². The Kier molecular flexibility index (Phi) is 5.33. The van der Waals surface area contributed by atoms with Crippen LogP contribution in [0.4, 0.5) is 5.82 Å². The van der Waals surface area contributed by atoms with Gasteiger partial charge in [0.15, 0.2) is 0 Å². The number of rotatable bonds is 4. The van der Waals surface area contributed by atoms with Gasteiger partial charge in [0.05, 0.1) is 0 Å². The number of carbonyl (C=O) groups is 1. The fraction of sp³-hybridized carbons (Fsp3) is 0.522. The molecule has 148 valence electrons. The number of likely N-dealkylation sites (tertiary alicyclic amines) is 1. The van der Waals surface area contributed by atoms with Gasteiger partial charge in [-0.25, -0.2) is 9.97 Å². The first kappa shape index (κ1) is 18.9. The second-order valence-corrected chi connectivity index (χ2v) is 8.34. The monoisotopic (exact) mass is 378 g/mol. The Morgan fingerprint density at radius 2 is 1.82 bits per heavy atom. The number of nitrogens with zero attached hydrogens (tertiary/aromatic N) is 4. The summed E-state index contributed by atoms with van der Waals surface area (Å²) in [5.41, 5.74) is 2.59. The topological polar surface area (TPSA) is 49.3 Å².